The highest BCUT2D eigenvalue weighted by Gasteiger charge is 2.34. The predicted molar refractivity (Wildman–Crippen MR) is 92.8 cm³/mol. The van der Waals surface area contributed by atoms with Gasteiger partial charge in [0, 0.05) is 43.9 Å². The monoisotopic (exact) mass is 313 g/mol. The molecule has 114 valence electrons. The van der Waals surface area contributed by atoms with E-state index in [0.29, 0.717) is 12.8 Å². The first-order valence-electron chi connectivity index (χ1n) is 7.23. The van der Waals surface area contributed by atoms with Crippen molar-refractivity contribution >= 4 is 28.8 Å². The number of hydrogen-bond acceptors (Lipinski definition) is 3. The third-order valence-corrected chi connectivity index (χ3v) is 4.32. The van der Waals surface area contributed by atoms with Crippen LogP contribution in [0.5, 0.6) is 0 Å². The maximum absolute atomic E-state index is 12.4. The molecule has 22 heavy (non-hydrogen) atoms. The number of amides is 1. The lowest BCUT2D eigenvalue weighted by atomic mass is 9.85. The van der Waals surface area contributed by atoms with Crippen LogP contribution >= 0.6 is 12.2 Å². The van der Waals surface area contributed by atoms with E-state index in [4.69, 9.17) is 12.2 Å². The highest BCUT2D eigenvalue weighted by atomic mass is 32.1. The minimum atomic E-state index is -0.180. The number of carbonyl (C=O) groups is 1. The van der Waals surface area contributed by atoms with Gasteiger partial charge in [0.25, 0.3) is 5.91 Å². The molecule has 2 aliphatic heterocycles. The maximum Gasteiger partial charge on any atom is 0.253 e. The normalized spacial score (nSPS) is 21.2. The zero-order valence-corrected chi connectivity index (χ0v) is 13.6. The average Bonchev–Trinajstić information content (AvgIpc) is 2.45. The van der Waals surface area contributed by atoms with E-state index in [-0.39, 0.29) is 11.9 Å². The summed E-state index contributed by atoms with van der Waals surface area (Å²) in [4.78, 5) is 15.2. The molecule has 2 aliphatic rings. The van der Waals surface area contributed by atoms with E-state index < -0.39 is 0 Å². The van der Waals surface area contributed by atoms with Crippen LogP contribution in [0.1, 0.15) is 24.4 Å². The van der Waals surface area contributed by atoms with Crippen LogP contribution in [0.3, 0.4) is 0 Å². The second kappa shape index (κ2) is 5.57. The van der Waals surface area contributed by atoms with Crippen molar-refractivity contribution in [2.45, 2.75) is 18.9 Å². The van der Waals surface area contributed by atoms with Gasteiger partial charge in [0.15, 0.2) is 0 Å². The van der Waals surface area contributed by atoms with Crippen molar-refractivity contribution < 1.29 is 4.79 Å². The summed E-state index contributed by atoms with van der Waals surface area (Å²) in [7, 11) is 4.01. The lowest BCUT2D eigenvalue weighted by Crippen LogP contribution is -2.42. The van der Waals surface area contributed by atoms with Crippen molar-refractivity contribution in [2.24, 2.45) is 0 Å². The molecule has 0 bridgehead atoms. The Morgan fingerprint density at radius 2 is 1.91 bits per heavy atom. The van der Waals surface area contributed by atoms with Crippen LogP contribution in [0.15, 0.2) is 47.7 Å². The molecule has 1 aromatic carbocycles. The summed E-state index contributed by atoms with van der Waals surface area (Å²) in [6.45, 7) is 3.87. The van der Waals surface area contributed by atoms with Gasteiger partial charge in [-0.2, -0.15) is 0 Å². The molecule has 4 nitrogen and oxygen atoms in total. The lowest BCUT2D eigenvalue weighted by molar-refractivity contribution is -0.117. The second-order valence-electron chi connectivity index (χ2n) is 5.91. The molecule has 0 radical (unpaired) electrons. The van der Waals surface area contributed by atoms with Gasteiger partial charge in [-0.1, -0.05) is 30.9 Å². The largest absolute Gasteiger partial charge is 0.378 e. The van der Waals surface area contributed by atoms with Crippen molar-refractivity contribution in [3.05, 3.63) is 53.3 Å². The van der Waals surface area contributed by atoms with Crippen LogP contribution in [0.25, 0.3) is 0 Å². The molecule has 0 saturated carbocycles. The third kappa shape index (κ3) is 2.64. The molecule has 1 unspecified atom stereocenters. The van der Waals surface area contributed by atoms with Crippen molar-refractivity contribution in [2.75, 3.05) is 19.0 Å². The SMILES string of the molecule is C=C1CC2=C(C(=O)N1)C(c1ccc(N(C)C)cc1)NC(=S)C2. The summed E-state index contributed by atoms with van der Waals surface area (Å²) in [5, 5.41) is 6.14. The molecular weight excluding hydrogens is 294 g/mol. The molecule has 1 atom stereocenters. The zero-order valence-electron chi connectivity index (χ0n) is 12.8. The number of benzene rings is 1. The third-order valence-electron chi connectivity index (χ3n) is 4.05. The van der Waals surface area contributed by atoms with E-state index in [1.807, 2.05) is 31.1 Å². The Labute approximate surface area is 135 Å². The van der Waals surface area contributed by atoms with Crippen molar-refractivity contribution in [3.63, 3.8) is 0 Å². The molecule has 1 amide bonds. The smallest absolute Gasteiger partial charge is 0.253 e. The maximum atomic E-state index is 12.4. The van der Waals surface area contributed by atoms with Crippen molar-refractivity contribution in [3.8, 4) is 0 Å². The van der Waals surface area contributed by atoms with Gasteiger partial charge in [0.1, 0.15) is 0 Å². The highest BCUT2D eigenvalue weighted by Crippen LogP contribution is 2.35. The lowest BCUT2D eigenvalue weighted by Gasteiger charge is -2.34. The van der Waals surface area contributed by atoms with Gasteiger partial charge in [0.05, 0.1) is 11.0 Å². The van der Waals surface area contributed by atoms with Gasteiger partial charge in [-0.25, -0.2) is 0 Å². The first-order valence-corrected chi connectivity index (χ1v) is 7.64. The topological polar surface area (TPSA) is 44.4 Å². The Kier molecular flexibility index (Phi) is 3.74. The van der Waals surface area contributed by atoms with E-state index >= 15 is 0 Å². The van der Waals surface area contributed by atoms with Crippen LogP contribution in [-0.2, 0) is 4.79 Å². The molecule has 0 saturated heterocycles. The first-order chi connectivity index (χ1) is 10.5. The number of allylic oxidation sites excluding steroid dienone is 1. The van der Waals surface area contributed by atoms with Crippen LogP contribution < -0.4 is 15.5 Å². The Morgan fingerprint density at radius 1 is 1.23 bits per heavy atom. The predicted octanol–water partition coefficient (Wildman–Crippen LogP) is 2.44. The standard InChI is InChI=1S/C17H19N3OS/c1-10-8-12-9-14(22)19-16(15(12)17(21)18-10)11-4-6-13(7-5-11)20(2)3/h4-7,16H,1,8-9H2,2-3H3,(H,18,21)(H,19,22). The Balaban J connectivity index is 2.01. The molecule has 0 aromatic heterocycles. The Morgan fingerprint density at radius 3 is 2.55 bits per heavy atom. The number of carbonyl (C=O) groups excluding carboxylic acids is 1. The minimum absolute atomic E-state index is 0.0667. The molecule has 0 spiro atoms. The van der Waals surface area contributed by atoms with Crippen molar-refractivity contribution in [1.82, 2.24) is 10.6 Å². The van der Waals surface area contributed by atoms with E-state index in [0.717, 1.165) is 33.1 Å². The molecule has 0 aliphatic carbocycles. The molecule has 3 rings (SSSR count). The fourth-order valence-electron chi connectivity index (χ4n) is 2.97. The number of nitrogens with zero attached hydrogens (tertiary/aromatic N) is 1. The van der Waals surface area contributed by atoms with E-state index in [9.17, 15) is 4.79 Å². The number of thiocarbonyl (C=S) groups is 1. The summed E-state index contributed by atoms with van der Waals surface area (Å²) in [6.07, 6.45) is 1.33. The van der Waals surface area contributed by atoms with Crippen LogP contribution in [0.2, 0.25) is 0 Å². The fourth-order valence-corrected chi connectivity index (χ4v) is 3.26. The average molecular weight is 313 g/mol. The van der Waals surface area contributed by atoms with Gasteiger partial charge >= 0.3 is 0 Å². The molecule has 5 heteroatoms. The number of hydrogen-bond donors (Lipinski definition) is 2. The highest BCUT2D eigenvalue weighted by molar-refractivity contribution is 7.80. The van der Waals surface area contributed by atoms with E-state index in [1.54, 1.807) is 0 Å². The summed E-state index contributed by atoms with van der Waals surface area (Å²) >= 11 is 5.38. The molecule has 1 aromatic rings. The Bertz CT molecular complexity index is 684. The number of nitrogens with one attached hydrogen (secondary N) is 2. The first kappa shape index (κ1) is 14.8. The molecular formula is C17H19N3OS. The Hall–Kier alpha value is -2.14. The van der Waals surface area contributed by atoms with Gasteiger partial charge in [-0.05, 0) is 23.3 Å². The van der Waals surface area contributed by atoms with E-state index in [2.05, 4.69) is 29.3 Å². The van der Waals surface area contributed by atoms with Crippen LogP contribution in [0, 0.1) is 0 Å². The zero-order chi connectivity index (χ0) is 15.9. The summed E-state index contributed by atoms with van der Waals surface area (Å²) in [5.41, 5.74) is 4.79. The van der Waals surface area contributed by atoms with Gasteiger partial charge in [-0.15, -0.1) is 0 Å². The summed E-state index contributed by atoms with van der Waals surface area (Å²) < 4.78 is 0. The molecule has 2 heterocycles. The van der Waals surface area contributed by atoms with Gasteiger partial charge < -0.3 is 15.5 Å². The van der Waals surface area contributed by atoms with Crippen LogP contribution in [0.4, 0.5) is 5.69 Å². The second-order valence-corrected chi connectivity index (χ2v) is 6.41. The van der Waals surface area contributed by atoms with Gasteiger partial charge in [0.2, 0.25) is 0 Å². The molecule has 2 N–H and O–H groups in total. The quantitative estimate of drug-likeness (QED) is 0.823. The summed E-state index contributed by atoms with van der Waals surface area (Å²) in [5.74, 6) is -0.0667. The van der Waals surface area contributed by atoms with Crippen LogP contribution in [-0.4, -0.2) is 25.0 Å². The van der Waals surface area contributed by atoms with Crippen molar-refractivity contribution in [1.29, 1.82) is 0 Å². The number of rotatable bonds is 2. The summed E-state index contributed by atoms with van der Waals surface area (Å²) in [6, 6.07) is 8.01. The van der Waals surface area contributed by atoms with Gasteiger partial charge in [-0.3, -0.25) is 4.79 Å². The number of anilines is 1. The van der Waals surface area contributed by atoms with E-state index in [1.165, 1.54) is 0 Å². The molecule has 0 fully saturated rings. The minimum Gasteiger partial charge on any atom is -0.378 e. The fraction of sp³-hybridized carbons (Fsp3) is 0.294.